The van der Waals surface area contributed by atoms with Crippen LogP contribution in [0, 0.1) is 11.6 Å². The second-order valence-corrected chi connectivity index (χ2v) is 5.03. The van der Waals surface area contributed by atoms with E-state index in [1.165, 1.54) is 6.07 Å². The largest absolute Gasteiger partial charge is 0.456 e. The predicted molar refractivity (Wildman–Crippen MR) is 72.2 cm³/mol. The van der Waals surface area contributed by atoms with Gasteiger partial charge in [0, 0.05) is 17.0 Å². The normalized spacial score (nSPS) is 11.7. The zero-order valence-corrected chi connectivity index (χ0v) is 11.5. The van der Waals surface area contributed by atoms with E-state index in [2.05, 4.69) is 12.2 Å². The summed E-state index contributed by atoms with van der Waals surface area (Å²) in [6.07, 6.45) is 1.01. The van der Waals surface area contributed by atoms with Crippen LogP contribution in [-0.2, 0) is 6.54 Å². The van der Waals surface area contributed by atoms with E-state index in [0.717, 1.165) is 24.6 Å². The molecule has 0 saturated heterocycles. The summed E-state index contributed by atoms with van der Waals surface area (Å²) in [5.41, 5.74) is 1.04. The Labute approximate surface area is 111 Å². The van der Waals surface area contributed by atoms with Crippen molar-refractivity contribution in [2.45, 2.75) is 39.7 Å². The van der Waals surface area contributed by atoms with E-state index in [-0.39, 0.29) is 11.5 Å². The van der Waals surface area contributed by atoms with Gasteiger partial charge in [-0.2, -0.15) is 0 Å². The third-order valence-corrected chi connectivity index (χ3v) is 3.11. The van der Waals surface area contributed by atoms with Crippen LogP contribution in [0.25, 0.3) is 11.0 Å². The molecule has 0 bridgehead atoms. The first-order chi connectivity index (χ1) is 9.04. The standard InChI is InChI=1S/C15H19F2NO/c1-4-5-18-8-13-14(9(2)3)11-6-10(16)7-12(17)15(11)19-13/h6-7,9,18H,4-5,8H2,1-3H3. The average molecular weight is 267 g/mol. The Kier molecular flexibility index (Phi) is 4.20. The van der Waals surface area contributed by atoms with Crippen LogP contribution in [0.5, 0.6) is 0 Å². The predicted octanol–water partition coefficient (Wildman–Crippen LogP) is 4.33. The molecule has 2 nitrogen and oxygen atoms in total. The number of rotatable bonds is 5. The van der Waals surface area contributed by atoms with Crippen LogP contribution in [0.15, 0.2) is 16.5 Å². The molecule has 0 aliphatic carbocycles. The number of halogens is 2. The summed E-state index contributed by atoms with van der Waals surface area (Å²) in [6, 6.07) is 2.21. The van der Waals surface area contributed by atoms with Gasteiger partial charge in [0.05, 0.1) is 6.54 Å². The smallest absolute Gasteiger partial charge is 0.170 e. The van der Waals surface area contributed by atoms with Gasteiger partial charge >= 0.3 is 0 Å². The van der Waals surface area contributed by atoms with Crippen LogP contribution in [0.1, 0.15) is 44.4 Å². The lowest BCUT2D eigenvalue weighted by Gasteiger charge is -2.07. The highest BCUT2D eigenvalue weighted by Gasteiger charge is 2.20. The van der Waals surface area contributed by atoms with Crippen molar-refractivity contribution in [1.82, 2.24) is 5.32 Å². The molecule has 0 radical (unpaired) electrons. The van der Waals surface area contributed by atoms with Crippen LogP contribution in [0.3, 0.4) is 0 Å². The SMILES string of the molecule is CCCNCc1oc2c(F)cc(F)cc2c1C(C)C. The third-order valence-electron chi connectivity index (χ3n) is 3.11. The van der Waals surface area contributed by atoms with E-state index in [9.17, 15) is 8.78 Å². The summed E-state index contributed by atoms with van der Waals surface area (Å²) in [5.74, 6) is -0.358. The first kappa shape index (κ1) is 14.0. The molecular formula is C15H19F2NO. The van der Waals surface area contributed by atoms with Crippen LogP contribution < -0.4 is 5.32 Å². The minimum Gasteiger partial charge on any atom is -0.456 e. The molecule has 0 amide bonds. The Balaban J connectivity index is 2.51. The van der Waals surface area contributed by atoms with Gasteiger partial charge in [-0.1, -0.05) is 20.8 Å². The van der Waals surface area contributed by atoms with Crippen LogP contribution in [0.2, 0.25) is 0 Å². The van der Waals surface area contributed by atoms with E-state index in [1.54, 1.807) is 0 Å². The fourth-order valence-corrected chi connectivity index (χ4v) is 2.34. The molecule has 0 spiro atoms. The molecule has 2 rings (SSSR count). The van der Waals surface area contributed by atoms with E-state index in [4.69, 9.17) is 4.42 Å². The number of hydrogen-bond acceptors (Lipinski definition) is 2. The molecule has 0 atom stereocenters. The van der Waals surface area contributed by atoms with Gasteiger partial charge in [-0.05, 0) is 24.9 Å². The van der Waals surface area contributed by atoms with E-state index in [1.807, 2.05) is 13.8 Å². The first-order valence-corrected chi connectivity index (χ1v) is 6.65. The van der Waals surface area contributed by atoms with Crippen molar-refractivity contribution in [3.05, 3.63) is 35.1 Å². The summed E-state index contributed by atoms with van der Waals surface area (Å²) < 4.78 is 32.7. The first-order valence-electron chi connectivity index (χ1n) is 6.65. The molecule has 0 aliphatic rings. The Morgan fingerprint density at radius 1 is 1.26 bits per heavy atom. The fraction of sp³-hybridized carbons (Fsp3) is 0.467. The molecule has 1 N–H and O–H groups in total. The maximum absolute atomic E-state index is 13.7. The number of fused-ring (bicyclic) bond motifs is 1. The molecule has 4 heteroatoms. The molecule has 1 aromatic carbocycles. The maximum Gasteiger partial charge on any atom is 0.170 e. The van der Waals surface area contributed by atoms with Crippen LogP contribution >= 0.6 is 0 Å². The van der Waals surface area contributed by atoms with Gasteiger partial charge in [-0.25, -0.2) is 8.78 Å². The van der Waals surface area contributed by atoms with Gasteiger partial charge in [-0.15, -0.1) is 0 Å². The average Bonchev–Trinajstić information content (AvgIpc) is 2.68. The summed E-state index contributed by atoms with van der Waals surface area (Å²) in [4.78, 5) is 0. The van der Waals surface area contributed by atoms with Crippen molar-refractivity contribution >= 4 is 11.0 Å². The van der Waals surface area contributed by atoms with Crippen molar-refractivity contribution < 1.29 is 13.2 Å². The molecular weight excluding hydrogens is 248 g/mol. The minimum absolute atomic E-state index is 0.151. The fourth-order valence-electron chi connectivity index (χ4n) is 2.34. The Morgan fingerprint density at radius 2 is 2.00 bits per heavy atom. The topological polar surface area (TPSA) is 25.2 Å². The molecule has 0 fully saturated rings. The van der Waals surface area contributed by atoms with Crippen molar-refractivity contribution in [3.8, 4) is 0 Å². The van der Waals surface area contributed by atoms with E-state index in [0.29, 0.717) is 17.7 Å². The quantitative estimate of drug-likeness (QED) is 0.815. The second kappa shape index (κ2) is 5.70. The summed E-state index contributed by atoms with van der Waals surface area (Å²) >= 11 is 0. The summed E-state index contributed by atoms with van der Waals surface area (Å²) in [7, 11) is 0. The van der Waals surface area contributed by atoms with Crippen LogP contribution in [0.4, 0.5) is 8.78 Å². The highest BCUT2D eigenvalue weighted by molar-refractivity contribution is 5.83. The van der Waals surface area contributed by atoms with Crippen molar-refractivity contribution in [2.75, 3.05) is 6.54 Å². The lowest BCUT2D eigenvalue weighted by atomic mass is 9.99. The molecule has 1 heterocycles. The molecule has 1 aromatic heterocycles. The molecule has 2 aromatic rings. The number of furan rings is 1. The number of nitrogens with one attached hydrogen (secondary N) is 1. The van der Waals surface area contributed by atoms with Gasteiger partial charge in [0.25, 0.3) is 0 Å². The molecule has 0 saturated carbocycles. The zero-order valence-electron chi connectivity index (χ0n) is 11.5. The highest BCUT2D eigenvalue weighted by atomic mass is 19.1. The van der Waals surface area contributed by atoms with Gasteiger partial charge in [0.1, 0.15) is 11.6 Å². The van der Waals surface area contributed by atoms with Crippen molar-refractivity contribution in [2.24, 2.45) is 0 Å². The zero-order chi connectivity index (χ0) is 14.0. The lowest BCUT2D eigenvalue weighted by Crippen LogP contribution is -2.14. The third kappa shape index (κ3) is 2.78. The van der Waals surface area contributed by atoms with E-state index >= 15 is 0 Å². The highest BCUT2D eigenvalue weighted by Crippen LogP contribution is 2.33. The van der Waals surface area contributed by atoms with Gasteiger partial charge in [0.2, 0.25) is 0 Å². The van der Waals surface area contributed by atoms with Crippen molar-refractivity contribution in [3.63, 3.8) is 0 Å². The molecule has 0 aliphatic heterocycles. The summed E-state index contributed by atoms with van der Waals surface area (Å²) in [5, 5.41) is 3.77. The molecule has 19 heavy (non-hydrogen) atoms. The minimum atomic E-state index is -0.640. The lowest BCUT2D eigenvalue weighted by molar-refractivity contribution is 0.485. The second-order valence-electron chi connectivity index (χ2n) is 5.03. The number of benzene rings is 1. The van der Waals surface area contributed by atoms with Gasteiger partial charge < -0.3 is 9.73 Å². The monoisotopic (exact) mass is 267 g/mol. The molecule has 0 unspecified atom stereocenters. The Morgan fingerprint density at radius 3 is 2.63 bits per heavy atom. The maximum atomic E-state index is 13.7. The number of hydrogen-bond donors (Lipinski definition) is 1. The Bertz CT molecular complexity index is 575. The van der Waals surface area contributed by atoms with Gasteiger partial charge in [0.15, 0.2) is 11.4 Å². The van der Waals surface area contributed by atoms with Crippen LogP contribution in [-0.4, -0.2) is 6.54 Å². The summed E-state index contributed by atoms with van der Waals surface area (Å²) in [6.45, 7) is 7.47. The Hall–Kier alpha value is -1.42. The van der Waals surface area contributed by atoms with Crippen molar-refractivity contribution in [1.29, 1.82) is 0 Å². The van der Waals surface area contributed by atoms with E-state index < -0.39 is 11.6 Å². The molecule has 104 valence electrons. The van der Waals surface area contributed by atoms with Gasteiger partial charge in [-0.3, -0.25) is 0 Å².